The van der Waals surface area contributed by atoms with Crippen molar-refractivity contribution in [2.45, 2.75) is 57.9 Å². The second-order valence-corrected chi connectivity index (χ2v) is 9.26. The van der Waals surface area contributed by atoms with Crippen LogP contribution < -0.4 is 10.1 Å². The summed E-state index contributed by atoms with van der Waals surface area (Å²) >= 11 is 0. The number of carboxylic acids is 1. The zero-order chi connectivity index (χ0) is 24.8. The molecule has 0 bridgehead atoms. The van der Waals surface area contributed by atoms with Gasteiger partial charge in [-0.25, -0.2) is 0 Å². The van der Waals surface area contributed by atoms with Crippen LogP contribution in [0.3, 0.4) is 0 Å². The average molecular weight is 475 g/mol. The highest BCUT2D eigenvalue weighted by Crippen LogP contribution is 2.48. The monoisotopic (exact) mass is 474 g/mol. The number of hydrogen-bond acceptors (Lipinski definition) is 3. The number of ether oxygens (including phenoxy) is 1. The van der Waals surface area contributed by atoms with Gasteiger partial charge >= 0.3 is 5.97 Å². The Bertz CT molecular complexity index is 1170. The van der Waals surface area contributed by atoms with Gasteiger partial charge in [-0.15, -0.1) is 0 Å². The molecule has 1 amide bonds. The number of rotatable bonds is 12. The smallest absolute Gasteiger partial charge is 0.307 e. The standard InChI is InChI=1S/C29H34N2O4/c1-3-4-17-31-22(12-8-11-20-9-6-5-7-10-20)14-15-26(31)28(32)30-25-18-21(13-16-27(25)35-2)23-19-24(23)29(33)34/h5-7,9-10,13-16,18,23-24H,3-4,8,11-12,17,19H2,1-2H3,(H,30,32)(H,33,34)/t23-,24-/m1/s1. The minimum atomic E-state index is -0.773. The molecule has 0 saturated heterocycles. The number of nitrogens with one attached hydrogen (secondary N) is 1. The van der Waals surface area contributed by atoms with Crippen LogP contribution in [0.2, 0.25) is 0 Å². The van der Waals surface area contributed by atoms with Gasteiger partial charge in [-0.2, -0.15) is 0 Å². The largest absolute Gasteiger partial charge is 0.495 e. The summed E-state index contributed by atoms with van der Waals surface area (Å²) in [6.07, 6.45) is 5.60. The summed E-state index contributed by atoms with van der Waals surface area (Å²) in [6, 6.07) is 20.0. The van der Waals surface area contributed by atoms with Gasteiger partial charge in [0, 0.05) is 12.2 Å². The number of aliphatic carboxylic acids is 1. The highest BCUT2D eigenvalue weighted by atomic mass is 16.5. The van der Waals surface area contributed by atoms with Crippen LogP contribution in [0.15, 0.2) is 60.7 Å². The van der Waals surface area contributed by atoms with Crippen molar-refractivity contribution in [1.82, 2.24) is 4.57 Å². The summed E-state index contributed by atoms with van der Waals surface area (Å²) in [5, 5.41) is 12.3. The fraction of sp³-hybridized carbons (Fsp3) is 0.379. The molecule has 3 aromatic rings. The number of benzene rings is 2. The Morgan fingerprint density at radius 3 is 2.54 bits per heavy atom. The van der Waals surface area contributed by atoms with Gasteiger partial charge in [-0.05, 0) is 73.4 Å². The average Bonchev–Trinajstić information content (AvgIpc) is 3.58. The minimum Gasteiger partial charge on any atom is -0.495 e. The molecule has 1 fully saturated rings. The number of aromatic nitrogens is 1. The molecule has 1 heterocycles. The summed E-state index contributed by atoms with van der Waals surface area (Å²) < 4.78 is 7.61. The fourth-order valence-corrected chi connectivity index (χ4v) is 4.70. The maximum absolute atomic E-state index is 13.4. The summed E-state index contributed by atoms with van der Waals surface area (Å²) in [5.74, 6) is -0.763. The first-order valence-electron chi connectivity index (χ1n) is 12.5. The Balaban J connectivity index is 1.50. The zero-order valence-electron chi connectivity index (χ0n) is 20.5. The summed E-state index contributed by atoms with van der Waals surface area (Å²) in [4.78, 5) is 24.7. The second kappa shape index (κ2) is 11.3. The van der Waals surface area contributed by atoms with Crippen molar-refractivity contribution < 1.29 is 19.4 Å². The van der Waals surface area contributed by atoms with E-state index in [0.29, 0.717) is 23.6 Å². The van der Waals surface area contributed by atoms with E-state index in [1.165, 1.54) is 11.3 Å². The third kappa shape index (κ3) is 5.94. The minimum absolute atomic E-state index is 0.0151. The van der Waals surface area contributed by atoms with Crippen LogP contribution in [0.4, 0.5) is 5.69 Å². The zero-order valence-corrected chi connectivity index (χ0v) is 20.5. The van der Waals surface area contributed by atoms with E-state index in [1.54, 1.807) is 13.2 Å². The van der Waals surface area contributed by atoms with E-state index in [2.05, 4.69) is 47.1 Å². The number of unbranched alkanes of at least 4 members (excludes halogenated alkanes) is 1. The molecule has 2 N–H and O–H groups in total. The van der Waals surface area contributed by atoms with Crippen LogP contribution in [0, 0.1) is 5.92 Å². The molecular weight excluding hydrogens is 440 g/mol. The molecule has 1 aliphatic rings. The van der Waals surface area contributed by atoms with E-state index in [-0.39, 0.29) is 17.7 Å². The molecule has 35 heavy (non-hydrogen) atoms. The Morgan fingerprint density at radius 1 is 1.06 bits per heavy atom. The number of aryl methyl sites for hydroxylation is 2. The van der Waals surface area contributed by atoms with Crippen LogP contribution in [-0.2, 0) is 24.2 Å². The van der Waals surface area contributed by atoms with Crippen molar-refractivity contribution in [2.24, 2.45) is 5.92 Å². The number of nitrogens with zero attached hydrogens (tertiary/aromatic N) is 1. The summed E-state index contributed by atoms with van der Waals surface area (Å²) in [6.45, 7) is 2.95. The van der Waals surface area contributed by atoms with E-state index in [1.807, 2.05) is 24.3 Å². The Kier molecular flexibility index (Phi) is 7.91. The predicted molar refractivity (Wildman–Crippen MR) is 137 cm³/mol. The maximum Gasteiger partial charge on any atom is 0.307 e. The van der Waals surface area contributed by atoms with Gasteiger partial charge in [0.05, 0.1) is 18.7 Å². The van der Waals surface area contributed by atoms with Gasteiger partial charge in [0.2, 0.25) is 0 Å². The van der Waals surface area contributed by atoms with Gasteiger partial charge in [0.25, 0.3) is 5.91 Å². The topological polar surface area (TPSA) is 80.6 Å². The van der Waals surface area contributed by atoms with E-state index < -0.39 is 5.97 Å². The molecular formula is C29H34N2O4. The lowest BCUT2D eigenvalue weighted by molar-refractivity contribution is -0.138. The highest BCUT2D eigenvalue weighted by molar-refractivity contribution is 6.04. The first kappa shape index (κ1) is 24.6. The molecule has 6 nitrogen and oxygen atoms in total. The van der Waals surface area contributed by atoms with Gasteiger partial charge < -0.3 is 19.7 Å². The molecule has 4 rings (SSSR count). The molecule has 184 valence electrons. The van der Waals surface area contributed by atoms with Crippen molar-refractivity contribution in [3.63, 3.8) is 0 Å². The first-order chi connectivity index (χ1) is 17.0. The molecule has 6 heteroatoms. The first-order valence-corrected chi connectivity index (χ1v) is 12.5. The molecule has 2 aromatic carbocycles. The molecule has 1 aliphatic carbocycles. The van der Waals surface area contributed by atoms with E-state index in [0.717, 1.165) is 44.2 Å². The van der Waals surface area contributed by atoms with Gasteiger partial charge in [-0.1, -0.05) is 49.7 Å². The third-order valence-corrected chi connectivity index (χ3v) is 6.79. The lowest BCUT2D eigenvalue weighted by Crippen LogP contribution is -2.19. The van der Waals surface area contributed by atoms with Crippen molar-refractivity contribution in [1.29, 1.82) is 0 Å². The molecule has 0 radical (unpaired) electrons. The Morgan fingerprint density at radius 2 is 1.86 bits per heavy atom. The molecule has 1 aromatic heterocycles. The van der Waals surface area contributed by atoms with Crippen molar-refractivity contribution in [3.8, 4) is 5.75 Å². The number of anilines is 1. The molecule has 0 aliphatic heterocycles. The normalized spacial score (nSPS) is 16.6. The van der Waals surface area contributed by atoms with Crippen LogP contribution in [-0.4, -0.2) is 28.7 Å². The van der Waals surface area contributed by atoms with Gasteiger partial charge in [0.1, 0.15) is 11.4 Å². The number of hydrogen-bond donors (Lipinski definition) is 2. The lowest BCUT2D eigenvalue weighted by atomic mass is 10.1. The molecule has 0 unspecified atom stereocenters. The fourth-order valence-electron chi connectivity index (χ4n) is 4.70. The van der Waals surface area contributed by atoms with Gasteiger partial charge in [-0.3, -0.25) is 9.59 Å². The van der Waals surface area contributed by atoms with Crippen molar-refractivity contribution in [3.05, 3.63) is 83.2 Å². The van der Waals surface area contributed by atoms with Crippen LogP contribution in [0.1, 0.15) is 65.8 Å². The molecule has 1 saturated carbocycles. The van der Waals surface area contributed by atoms with Crippen LogP contribution >= 0.6 is 0 Å². The summed E-state index contributed by atoms with van der Waals surface area (Å²) in [5.41, 5.74) is 4.61. The number of carbonyl (C=O) groups excluding carboxylic acids is 1. The highest BCUT2D eigenvalue weighted by Gasteiger charge is 2.44. The van der Waals surface area contributed by atoms with E-state index >= 15 is 0 Å². The Labute approximate surface area is 206 Å². The number of carboxylic acid groups (broad SMARTS) is 1. The van der Waals surface area contributed by atoms with Crippen molar-refractivity contribution >= 4 is 17.6 Å². The van der Waals surface area contributed by atoms with Crippen LogP contribution in [0.5, 0.6) is 5.75 Å². The van der Waals surface area contributed by atoms with Crippen LogP contribution in [0.25, 0.3) is 0 Å². The number of methoxy groups -OCH3 is 1. The second-order valence-electron chi connectivity index (χ2n) is 9.26. The van der Waals surface area contributed by atoms with E-state index in [4.69, 9.17) is 4.74 Å². The molecule has 2 atom stereocenters. The quantitative estimate of drug-likeness (QED) is 0.342. The Hall–Kier alpha value is -3.54. The SMILES string of the molecule is CCCCn1c(CCCc2ccccc2)ccc1C(=O)Nc1cc([C@H]2C[C@H]2C(=O)O)ccc1OC. The molecule has 0 spiro atoms. The number of amides is 1. The lowest BCUT2D eigenvalue weighted by Gasteiger charge is -2.15. The van der Waals surface area contributed by atoms with E-state index in [9.17, 15) is 14.7 Å². The van der Waals surface area contributed by atoms with Crippen molar-refractivity contribution in [2.75, 3.05) is 12.4 Å². The predicted octanol–water partition coefficient (Wildman–Crippen LogP) is 5.91. The third-order valence-electron chi connectivity index (χ3n) is 6.79. The summed E-state index contributed by atoms with van der Waals surface area (Å²) in [7, 11) is 1.57. The maximum atomic E-state index is 13.4. The van der Waals surface area contributed by atoms with Gasteiger partial charge in [0.15, 0.2) is 0 Å². The number of carbonyl (C=O) groups is 2.